The molecule has 6 heteroatoms. The van der Waals surface area contributed by atoms with Gasteiger partial charge in [-0.2, -0.15) is 0 Å². The van der Waals surface area contributed by atoms with Gasteiger partial charge in [0, 0.05) is 18.7 Å². The predicted octanol–water partition coefficient (Wildman–Crippen LogP) is 2.01. The van der Waals surface area contributed by atoms with E-state index < -0.39 is 10.0 Å². The summed E-state index contributed by atoms with van der Waals surface area (Å²) in [5.41, 5.74) is 0.382. The molecule has 0 saturated heterocycles. The lowest BCUT2D eigenvalue weighted by molar-refractivity contribution is 0.571. The summed E-state index contributed by atoms with van der Waals surface area (Å²) in [6.45, 7) is 3.61. The highest BCUT2D eigenvalue weighted by atomic mass is 32.2. The number of rotatable bonds is 8. The van der Waals surface area contributed by atoms with Gasteiger partial charge in [-0.25, -0.2) is 17.5 Å². The third-order valence-corrected chi connectivity index (χ3v) is 4.75. The van der Waals surface area contributed by atoms with Crippen molar-refractivity contribution in [3.05, 3.63) is 29.6 Å². The molecule has 0 radical (unpaired) electrons. The van der Waals surface area contributed by atoms with E-state index in [1.54, 1.807) is 0 Å². The number of sulfonamides is 1. The molecule has 0 spiro atoms. The molecule has 112 valence electrons. The van der Waals surface area contributed by atoms with Crippen LogP contribution in [0.5, 0.6) is 0 Å². The molecule has 4 nitrogen and oxygen atoms in total. The average molecular weight is 300 g/mol. The largest absolute Gasteiger partial charge is 0.313 e. The van der Waals surface area contributed by atoms with Crippen LogP contribution in [0.15, 0.2) is 23.1 Å². The lowest BCUT2D eigenvalue weighted by Crippen LogP contribution is -2.26. The first-order chi connectivity index (χ1) is 9.53. The van der Waals surface area contributed by atoms with Crippen LogP contribution in [0.25, 0.3) is 0 Å². The van der Waals surface area contributed by atoms with Crippen molar-refractivity contribution in [2.24, 2.45) is 5.92 Å². The molecular formula is C14H21FN2O2S. The normalized spacial score (nSPS) is 15.5. The molecule has 1 aliphatic carbocycles. The van der Waals surface area contributed by atoms with Crippen molar-refractivity contribution in [1.29, 1.82) is 0 Å². The van der Waals surface area contributed by atoms with Gasteiger partial charge in [0.15, 0.2) is 0 Å². The van der Waals surface area contributed by atoms with Crippen molar-refractivity contribution in [3.63, 3.8) is 0 Å². The molecule has 0 aliphatic heterocycles. The van der Waals surface area contributed by atoms with Crippen molar-refractivity contribution in [2.75, 3.05) is 13.1 Å². The smallest absolute Gasteiger partial charge is 0.240 e. The van der Waals surface area contributed by atoms with Gasteiger partial charge in [-0.3, -0.25) is 0 Å². The molecule has 0 bridgehead atoms. The summed E-state index contributed by atoms with van der Waals surface area (Å²) in [7, 11) is -3.53. The third-order valence-electron chi connectivity index (χ3n) is 3.33. The second kappa shape index (κ2) is 6.65. The van der Waals surface area contributed by atoms with E-state index in [0.717, 1.165) is 25.8 Å². The maximum atomic E-state index is 13.7. The van der Waals surface area contributed by atoms with E-state index in [1.807, 2.05) is 6.92 Å². The molecule has 0 heterocycles. The van der Waals surface area contributed by atoms with E-state index in [4.69, 9.17) is 0 Å². The van der Waals surface area contributed by atoms with Crippen molar-refractivity contribution in [2.45, 2.75) is 37.6 Å². The minimum absolute atomic E-state index is 0.132. The molecule has 1 aromatic carbocycles. The molecule has 2 rings (SSSR count). The Hall–Kier alpha value is -0.980. The van der Waals surface area contributed by atoms with Crippen LogP contribution in [0.1, 0.15) is 31.7 Å². The fraction of sp³-hybridized carbons (Fsp3) is 0.571. The zero-order valence-electron chi connectivity index (χ0n) is 11.7. The van der Waals surface area contributed by atoms with E-state index >= 15 is 0 Å². The van der Waals surface area contributed by atoms with Crippen molar-refractivity contribution in [3.8, 4) is 0 Å². The molecule has 0 aromatic heterocycles. The van der Waals surface area contributed by atoms with Gasteiger partial charge in [-0.1, -0.05) is 6.92 Å². The Balaban J connectivity index is 2.08. The summed E-state index contributed by atoms with van der Waals surface area (Å²) in [4.78, 5) is 0.132. The first-order valence-corrected chi connectivity index (χ1v) is 8.50. The Kier molecular flexibility index (Phi) is 5.12. The standard InChI is InChI=1S/C14H21FN2O2S/c1-2-7-16-10-12-8-13(5-6-14(12)15)20(18,19)17-9-11-3-4-11/h5-6,8,11,16-17H,2-4,7,9-10H2,1H3. The van der Waals surface area contributed by atoms with E-state index in [-0.39, 0.29) is 10.7 Å². The Morgan fingerprint density at radius 2 is 2.10 bits per heavy atom. The summed E-state index contributed by atoms with van der Waals surface area (Å²) in [6, 6.07) is 3.94. The minimum atomic E-state index is -3.53. The number of halogens is 1. The first-order valence-electron chi connectivity index (χ1n) is 7.01. The zero-order valence-corrected chi connectivity index (χ0v) is 12.5. The molecule has 20 heavy (non-hydrogen) atoms. The maximum Gasteiger partial charge on any atom is 0.240 e. The lowest BCUT2D eigenvalue weighted by Gasteiger charge is -2.09. The average Bonchev–Trinajstić information content (AvgIpc) is 3.23. The van der Waals surface area contributed by atoms with Gasteiger partial charge in [0.25, 0.3) is 0 Å². The molecule has 0 amide bonds. The first kappa shape index (κ1) is 15.4. The number of hydrogen-bond donors (Lipinski definition) is 2. The highest BCUT2D eigenvalue weighted by molar-refractivity contribution is 7.89. The number of hydrogen-bond acceptors (Lipinski definition) is 3. The Morgan fingerprint density at radius 3 is 2.75 bits per heavy atom. The second-order valence-electron chi connectivity index (χ2n) is 5.23. The van der Waals surface area contributed by atoms with Gasteiger partial charge in [-0.15, -0.1) is 0 Å². The third kappa shape index (κ3) is 4.26. The fourth-order valence-corrected chi connectivity index (χ4v) is 3.05. The quantitative estimate of drug-likeness (QED) is 0.722. The van der Waals surface area contributed by atoms with Gasteiger partial charge in [0.1, 0.15) is 5.82 Å². The van der Waals surface area contributed by atoms with Gasteiger partial charge >= 0.3 is 0 Å². The number of benzene rings is 1. The molecule has 1 aliphatic rings. The highest BCUT2D eigenvalue weighted by Gasteiger charge is 2.24. The van der Waals surface area contributed by atoms with E-state index in [0.29, 0.717) is 24.6 Å². The lowest BCUT2D eigenvalue weighted by atomic mass is 10.2. The van der Waals surface area contributed by atoms with Gasteiger partial charge in [0.2, 0.25) is 10.0 Å². The van der Waals surface area contributed by atoms with Crippen LogP contribution in [0.4, 0.5) is 4.39 Å². The van der Waals surface area contributed by atoms with Crippen LogP contribution < -0.4 is 10.0 Å². The Labute approximate surface area is 119 Å². The SMILES string of the molecule is CCCNCc1cc(S(=O)(=O)NCC2CC2)ccc1F. The van der Waals surface area contributed by atoms with Gasteiger partial charge in [-0.05, 0) is 49.9 Å². The van der Waals surface area contributed by atoms with Crippen LogP contribution in [0, 0.1) is 11.7 Å². The summed E-state index contributed by atoms with van der Waals surface area (Å²) in [5, 5.41) is 3.08. The topological polar surface area (TPSA) is 58.2 Å². The van der Waals surface area contributed by atoms with Crippen LogP contribution in [0.3, 0.4) is 0 Å². The maximum absolute atomic E-state index is 13.7. The van der Waals surface area contributed by atoms with Crippen LogP contribution in [-0.4, -0.2) is 21.5 Å². The summed E-state index contributed by atoms with van der Waals surface area (Å²) < 4.78 is 40.4. The van der Waals surface area contributed by atoms with Crippen LogP contribution in [0.2, 0.25) is 0 Å². The van der Waals surface area contributed by atoms with Crippen molar-refractivity contribution < 1.29 is 12.8 Å². The van der Waals surface area contributed by atoms with Crippen LogP contribution in [-0.2, 0) is 16.6 Å². The molecule has 2 N–H and O–H groups in total. The summed E-state index contributed by atoms with van der Waals surface area (Å²) in [6.07, 6.45) is 3.11. The zero-order chi connectivity index (χ0) is 14.6. The Morgan fingerprint density at radius 1 is 1.35 bits per heavy atom. The summed E-state index contributed by atoms with van der Waals surface area (Å²) in [5.74, 6) is 0.0886. The number of nitrogens with one attached hydrogen (secondary N) is 2. The minimum Gasteiger partial charge on any atom is -0.313 e. The van der Waals surface area contributed by atoms with E-state index in [9.17, 15) is 12.8 Å². The molecule has 1 fully saturated rings. The molecular weight excluding hydrogens is 279 g/mol. The monoisotopic (exact) mass is 300 g/mol. The Bertz CT molecular complexity index is 556. The van der Waals surface area contributed by atoms with E-state index in [2.05, 4.69) is 10.0 Å². The molecule has 0 unspecified atom stereocenters. The highest BCUT2D eigenvalue weighted by Crippen LogP contribution is 2.28. The van der Waals surface area contributed by atoms with Crippen LogP contribution >= 0.6 is 0 Å². The van der Waals surface area contributed by atoms with Crippen molar-refractivity contribution >= 4 is 10.0 Å². The van der Waals surface area contributed by atoms with Crippen molar-refractivity contribution in [1.82, 2.24) is 10.0 Å². The predicted molar refractivity (Wildman–Crippen MR) is 76.3 cm³/mol. The second-order valence-corrected chi connectivity index (χ2v) is 6.99. The molecule has 1 aromatic rings. The van der Waals surface area contributed by atoms with Gasteiger partial charge < -0.3 is 5.32 Å². The fourth-order valence-electron chi connectivity index (χ4n) is 1.89. The molecule has 1 saturated carbocycles. The molecule has 0 atom stereocenters. The van der Waals surface area contributed by atoms with Gasteiger partial charge in [0.05, 0.1) is 4.90 Å². The van der Waals surface area contributed by atoms with E-state index in [1.165, 1.54) is 18.2 Å². The summed E-state index contributed by atoms with van der Waals surface area (Å²) >= 11 is 0.